The van der Waals surface area contributed by atoms with Crippen LogP contribution in [0, 0.1) is 13.8 Å². The number of hydrogen-bond donors (Lipinski definition) is 1. The number of aromatic nitrogens is 4. The van der Waals surface area contributed by atoms with Crippen LogP contribution in [0.1, 0.15) is 43.3 Å². The lowest BCUT2D eigenvalue weighted by molar-refractivity contribution is -0.137. The molecule has 0 bridgehead atoms. The first-order chi connectivity index (χ1) is 14.7. The first kappa shape index (κ1) is 21.2. The van der Waals surface area contributed by atoms with Crippen LogP contribution in [0.4, 0.5) is 19.0 Å². The van der Waals surface area contributed by atoms with Gasteiger partial charge in [0.2, 0.25) is 0 Å². The Bertz CT molecular complexity index is 1120. The molecule has 3 aromatic heterocycles. The fourth-order valence-corrected chi connectivity index (χ4v) is 3.99. The lowest BCUT2D eigenvalue weighted by Crippen LogP contribution is -2.33. The van der Waals surface area contributed by atoms with Gasteiger partial charge in [-0.3, -0.25) is 14.8 Å². The number of nitrogens with one attached hydrogen (secondary N) is 1. The second kappa shape index (κ2) is 8.22. The van der Waals surface area contributed by atoms with Crippen LogP contribution in [-0.4, -0.2) is 32.6 Å². The van der Waals surface area contributed by atoms with E-state index in [-0.39, 0.29) is 18.1 Å². The predicted octanol–water partition coefficient (Wildman–Crippen LogP) is 3.46. The van der Waals surface area contributed by atoms with E-state index in [0.717, 1.165) is 22.7 Å². The average Bonchev–Trinajstić information content (AvgIpc) is 3.26. The molecular weight excluding hydrogens is 429 g/mol. The van der Waals surface area contributed by atoms with Crippen LogP contribution in [0.3, 0.4) is 0 Å². The van der Waals surface area contributed by atoms with E-state index in [1.807, 2.05) is 11.8 Å². The molecule has 0 aromatic carbocycles. The number of carbonyl (C=O) groups is 1. The van der Waals surface area contributed by atoms with Crippen LogP contribution in [-0.2, 0) is 25.7 Å². The first-order valence-electron chi connectivity index (χ1n) is 9.53. The fraction of sp³-hybridized carbons (Fsp3) is 0.350. The molecule has 162 valence electrons. The third-order valence-corrected chi connectivity index (χ3v) is 6.07. The van der Waals surface area contributed by atoms with Gasteiger partial charge < -0.3 is 10.2 Å². The smallest absolute Gasteiger partial charge is 0.350 e. The van der Waals surface area contributed by atoms with Crippen molar-refractivity contribution in [3.63, 3.8) is 0 Å². The summed E-state index contributed by atoms with van der Waals surface area (Å²) in [4.78, 5) is 23.3. The molecule has 0 radical (unpaired) electrons. The number of hydrogen-bond acceptors (Lipinski definition) is 7. The average molecular weight is 448 g/mol. The molecule has 1 N–H and O–H groups in total. The summed E-state index contributed by atoms with van der Waals surface area (Å²) in [5.41, 5.74) is 3.78. The summed E-state index contributed by atoms with van der Waals surface area (Å²) in [6, 6.07) is 1.14. The number of alkyl halides is 3. The number of rotatable bonds is 4. The molecule has 1 aliphatic rings. The molecule has 1 aliphatic heterocycles. The Morgan fingerprint density at radius 1 is 1.23 bits per heavy atom. The van der Waals surface area contributed by atoms with Crippen LogP contribution in [0.15, 0.2) is 24.0 Å². The van der Waals surface area contributed by atoms with Crippen LogP contribution >= 0.6 is 11.3 Å². The zero-order chi connectivity index (χ0) is 22.2. The summed E-state index contributed by atoms with van der Waals surface area (Å²) in [6.07, 6.45) is -1.37. The van der Waals surface area contributed by atoms with E-state index in [2.05, 4.69) is 25.5 Å². The molecule has 0 unspecified atom stereocenters. The third kappa shape index (κ3) is 4.36. The fourth-order valence-electron chi connectivity index (χ4n) is 3.45. The molecule has 7 nitrogen and oxygen atoms in total. The zero-order valence-electron chi connectivity index (χ0n) is 16.8. The highest BCUT2D eigenvalue weighted by molar-refractivity contribution is 7.09. The van der Waals surface area contributed by atoms with E-state index in [0.29, 0.717) is 42.1 Å². The molecule has 1 amide bonds. The van der Waals surface area contributed by atoms with E-state index in [1.165, 1.54) is 11.3 Å². The van der Waals surface area contributed by atoms with Crippen molar-refractivity contribution < 1.29 is 18.0 Å². The van der Waals surface area contributed by atoms with Crippen LogP contribution in [0.25, 0.3) is 0 Å². The minimum absolute atomic E-state index is 0.226. The Morgan fingerprint density at radius 2 is 2.03 bits per heavy atom. The molecule has 0 aliphatic carbocycles. The van der Waals surface area contributed by atoms with Gasteiger partial charge in [-0.25, -0.2) is 0 Å². The largest absolute Gasteiger partial charge is 0.417 e. The van der Waals surface area contributed by atoms with Gasteiger partial charge in [-0.1, -0.05) is 0 Å². The number of fused-ring (bicyclic) bond motifs is 1. The minimum Gasteiger partial charge on any atom is -0.350 e. The normalized spacial score (nSPS) is 13.8. The Hall–Kier alpha value is -3.08. The maximum atomic E-state index is 13.1. The molecule has 0 atom stereocenters. The molecule has 0 saturated heterocycles. The molecule has 0 spiro atoms. The molecule has 31 heavy (non-hydrogen) atoms. The highest BCUT2D eigenvalue weighted by atomic mass is 32.1. The van der Waals surface area contributed by atoms with Gasteiger partial charge in [0.25, 0.3) is 5.91 Å². The molecule has 4 rings (SSSR count). The summed E-state index contributed by atoms with van der Waals surface area (Å²) in [7, 11) is 0. The SMILES string of the molecule is Cc1c(C(=O)NCc2cncs2)nnc(N2CCc3ncc(C(F)(F)F)cc3C2)c1C. The zero-order valence-corrected chi connectivity index (χ0v) is 17.6. The van der Waals surface area contributed by atoms with E-state index >= 15 is 0 Å². The number of carbonyl (C=O) groups excluding carboxylic acids is 1. The number of amides is 1. The van der Waals surface area contributed by atoms with Gasteiger partial charge in [0.15, 0.2) is 11.5 Å². The lowest BCUT2D eigenvalue weighted by atomic mass is 10.0. The molecule has 4 heterocycles. The van der Waals surface area contributed by atoms with Gasteiger partial charge >= 0.3 is 6.18 Å². The molecule has 0 fully saturated rings. The van der Waals surface area contributed by atoms with Gasteiger partial charge in [0, 0.05) is 42.5 Å². The second-order valence-electron chi connectivity index (χ2n) is 7.27. The van der Waals surface area contributed by atoms with Gasteiger partial charge in [-0.15, -0.1) is 21.5 Å². The Kier molecular flexibility index (Phi) is 5.61. The van der Waals surface area contributed by atoms with Crippen molar-refractivity contribution in [2.45, 2.75) is 39.5 Å². The van der Waals surface area contributed by atoms with E-state index < -0.39 is 11.7 Å². The predicted molar refractivity (Wildman–Crippen MR) is 109 cm³/mol. The summed E-state index contributed by atoms with van der Waals surface area (Å²) >= 11 is 1.44. The van der Waals surface area contributed by atoms with E-state index in [1.54, 1.807) is 18.6 Å². The third-order valence-electron chi connectivity index (χ3n) is 5.29. The monoisotopic (exact) mass is 448 g/mol. The maximum Gasteiger partial charge on any atom is 0.417 e. The van der Waals surface area contributed by atoms with Crippen molar-refractivity contribution in [2.75, 3.05) is 11.4 Å². The molecule has 0 saturated carbocycles. The highest BCUT2D eigenvalue weighted by Crippen LogP contribution is 2.32. The standard InChI is InChI=1S/C20H19F3N6OS/c1-11-12(2)18(28-27-17(11)19(30)26-8-15-7-24-10-31-15)29-4-3-16-13(9-29)5-14(6-25-16)20(21,22)23/h5-7,10H,3-4,8-9H2,1-2H3,(H,26,30). The maximum absolute atomic E-state index is 13.1. The Morgan fingerprint density at radius 3 is 2.74 bits per heavy atom. The van der Waals surface area contributed by atoms with Crippen LogP contribution in [0.2, 0.25) is 0 Å². The topological polar surface area (TPSA) is 83.9 Å². The second-order valence-corrected chi connectivity index (χ2v) is 8.24. The number of halogens is 3. The number of anilines is 1. The van der Waals surface area contributed by atoms with Crippen molar-refractivity contribution >= 4 is 23.1 Å². The number of nitrogens with zero attached hydrogens (tertiary/aromatic N) is 5. The number of thiazole rings is 1. The van der Waals surface area contributed by atoms with E-state index in [9.17, 15) is 18.0 Å². The van der Waals surface area contributed by atoms with Gasteiger partial charge in [-0.05, 0) is 36.6 Å². The molecule has 11 heteroatoms. The van der Waals surface area contributed by atoms with Crippen molar-refractivity contribution in [2.24, 2.45) is 0 Å². The number of pyridine rings is 1. The van der Waals surface area contributed by atoms with E-state index in [4.69, 9.17) is 0 Å². The van der Waals surface area contributed by atoms with Crippen molar-refractivity contribution in [3.05, 3.63) is 62.5 Å². The summed E-state index contributed by atoms with van der Waals surface area (Å²) < 4.78 is 39.2. The highest BCUT2D eigenvalue weighted by Gasteiger charge is 2.33. The van der Waals surface area contributed by atoms with Crippen molar-refractivity contribution in [1.29, 1.82) is 0 Å². The lowest BCUT2D eigenvalue weighted by Gasteiger charge is -2.30. The van der Waals surface area contributed by atoms with Crippen molar-refractivity contribution in [3.8, 4) is 0 Å². The van der Waals surface area contributed by atoms with Gasteiger partial charge in [0.1, 0.15) is 0 Å². The van der Waals surface area contributed by atoms with Crippen LogP contribution in [0.5, 0.6) is 0 Å². The Labute approximate surface area is 180 Å². The molecule has 3 aromatic rings. The summed E-state index contributed by atoms with van der Waals surface area (Å²) in [5.74, 6) is 0.218. The summed E-state index contributed by atoms with van der Waals surface area (Å²) in [6.45, 7) is 4.77. The summed E-state index contributed by atoms with van der Waals surface area (Å²) in [5, 5.41) is 11.2. The minimum atomic E-state index is -4.44. The molecular formula is C20H19F3N6OS. The quantitative estimate of drug-likeness (QED) is 0.658. The van der Waals surface area contributed by atoms with Gasteiger partial charge in [-0.2, -0.15) is 13.2 Å². The Balaban J connectivity index is 1.54. The van der Waals surface area contributed by atoms with Crippen LogP contribution < -0.4 is 10.2 Å². The van der Waals surface area contributed by atoms with Gasteiger partial charge in [0.05, 0.1) is 17.6 Å². The first-order valence-corrected chi connectivity index (χ1v) is 10.4. The van der Waals surface area contributed by atoms with Crippen molar-refractivity contribution in [1.82, 2.24) is 25.5 Å².